The lowest BCUT2D eigenvalue weighted by Gasteiger charge is -2.09. The Morgan fingerprint density at radius 1 is 1.43 bits per heavy atom. The fraction of sp³-hybridized carbons (Fsp3) is 0.400. The monoisotopic (exact) mass is 217 g/mol. The van der Waals surface area contributed by atoms with Gasteiger partial charge in [-0.1, -0.05) is 6.07 Å². The maximum Gasteiger partial charge on any atom is 0.246 e. The van der Waals surface area contributed by atoms with Crippen molar-refractivity contribution in [3.05, 3.63) is 24.3 Å². The minimum atomic E-state index is -2.58. The second-order valence-corrected chi connectivity index (χ2v) is 4.41. The Bertz CT molecular complexity index is 296. The van der Waals surface area contributed by atoms with Gasteiger partial charge in [-0.25, -0.2) is 8.78 Å². The summed E-state index contributed by atoms with van der Waals surface area (Å²) in [6.45, 7) is 0.937. The number of halogens is 2. The number of nitrogens with two attached hydrogens (primary N) is 1. The lowest BCUT2D eigenvalue weighted by molar-refractivity contribution is 0.0194. The molecule has 1 aromatic carbocycles. The maximum atomic E-state index is 12.5. The topological polar surface area (TPSA) is 26.0 Å². The summed E-state index contributed by atoms with van der Waals surface area (Å²) in [5, 5.41) is 0. The molecule has 4 heteroatoms. The number of hydrogen-bond acceptors (Lipinski definition) is 2. The molecule has 0 saturated heterocycles. The average Bonchev–Trinajstić information content (AvgIpc) is 2.01. The van der Waals surface area contributed by atoms with E-state index in [1.807, 2.05) is 12.1 Å². The molecular weight excluding hydrogens is 204 g/mol. The summed E-state index contributed by atoms with van der Waals surface area (Å²) >= 11 is 1.40. The van der Waals surface area contributed by atoms with Gasteiger partial charge in [0.05, 0.1) is 0 Å². The van der Waals surface area contributed by atoms with Crippen LogP contribution in [0.1, 0.15) is 13.3 Å². The Balaban J connectivity index is 2.39. The average molecular weight is 217 g/mol. The Morgan fingerprint density at radius 3 is 2.71 bits per heavy atom. The minimum Gasteiger partial charge on any atom is -0.399 e. The summed E-state index contributed by atoms with van der Waals surface area (Å²) in [6, 6.07) is 7.26. The first-order valence-electron chi connectivity index (χ1n) is 4.33. The highest BCUT2D eigenvalue weighted by molar-refractivity contribution is 7.99. The van der Waals surface area contributed by atoms with E-state index in [2.05, 4.69) is 0 Å². The second kappa shape index (κ2) is 4.64. The van der Waals surface area contributed by atoms with Crippen molar-refractivity contribution in [2.24, 2.45) is 0 Å². The van der Waals surface area contributed by atoms with Crippen LogP contribution in [0.2, 0.25) is 0 Å². The number of alkyl halides is 2. The van der Waals surface area contributed by atoms with E-state index < -0.39 is 5.92 Å². The van der Waals surface area contributed by atoms with Crippen molar-refractivity contribution in [1.29, 1.82) is 0 Å². The Morgan fingerprint density at radius 2 is 2.14 bits per heavy atom. The molecule has 1 nitrogen and oxygen atoms in total. The van der Waals surface area contributed by atoms with Crippen LogP contribution in [0.25, 0.3) is 0 Å². The van der Waals surface area contributed by atoms with Crippen LogP contribution in [-0.2, 0) is 0 Å². The van der Waals surface area contributed by atoms with Gasteiger partial charge in [-0.15, -0.1) is 11.8 Å². The van der Waals surface area contributed by atoms with Gasteiger partial charge < -0.3 is 5.73 Å². The van der Waals surface area contributed by atoms with Crippen LogP contribution in [0.3, 0.4) is 0 Å². The van der Waals surface area contributed by atoms with Crippen molar-refractivity contribution in [3.63, 3.8) is 0 Å². The van der Waals surface area contributed by atoms with E-state index in [1.54, 1.807) is 12.1 Å². The highest BCUT2D eigenvalue weighted by Gasteiger charge is 2.19. The van der Waals surface area contributed by atoms with Crippen LogP contribution in [0.15, 0.2) is 29.2 Å². The van der Waals surface area contributed by atoms with Crippen molar-refractivity contribution in [1.82, 2.24) is 0 Å². The molecule has 0 aliphatic rings. The summed E-state index contributed by atoms with van der Waals surface area (Å²) in [5.74, 6) is -2.17. The molecule has 0 bridgehead atoms. The second-order valence-electron chi connectivity index (χ2n) is 3.24. The molecular formula is C10H13F2NS. The van der Waals surface area contributed by atoms with Gasteiger partial charge in [0.1, 0.15) is 0 Å². The number of anilines is 1. The molecule has 0 aliphatic carbocycles. The molecule has 0 aliphatic heterocycles. The van der Waals surface area contributed by atoms with Crippen LogP contribution in [0.5, 0.6) is 0 Å². The van der Waals surface area contributed by atoms with Crippen molar-refractivity contribution in [2.45, 2.75) is 24.2 Å². The van der Waals surface area contributed by atoms with E-state index in [4.69, 9.17) is 5.73 Å². The third-order valence-corrected chi connectivity index (χ3v) is 2.66. The Kier molecular flexibility index (Phi) is 3.75. The minimum absolute atomic E-state index is 0.105. The zero-order valence-corrected chi connectivity index (χ0v) is 8.78. The van der Waals surface area contributed by atoms with E-state index in [0.717, 1.165) is 11.8 Å². The SMILES string of the molecule is CC(F)(F)CCSc1cccc(N)c1. The van der Waals surface area contributed by atoms with E-state index >= 15 is 0 Å². The summed E-state index contributed by atoms with van der Waals surface area (Å²) in [4.78, 5) is 0.939. The van der Waals surface area contributed by atoms with Gasteiger partial charge in [-0.05, 0) is 25.1 Å². The molecule has 0 heterocycles. The molecule has 2 N–H and O–H groups in total. The highest BCUT2D eigenvalue weighted by Crippen LogP contribution is 2.25. The first-order valence-corrected chi connectivity index (χ1v) is 5.32. The summed E-state index contributed by atoms with van der Waals surface area (Å²) in [6.07, 6.45) is -0.105. The van der Waals surface area contributed by atoms with E-state index in [-0.39, 0.29) is 6.42 Å². The van der Waals surface area contributed by atoms with Crippen molar-refractivity contribution < 1.29 is 8.78 Å². The van der Waals surface area contributed by atoms with Gasteiger partial charge in [-0.3, -0.25) is 0 Å². The number of hydrogen-bond donors (Lipinski definition) is 1. The molecule has 14 heavy (non-hydrogen) atoms. The number of nitrogen functional groups attached to an aromatic ring is 1. The molecule has 1 rings (SSSR count). The number of thioether (sulfide) groups is 1. The molecule has 0 radical (unpaired) electrons. The molecule has 0 amide bonds. The maximum absolute atomic E-state index is 12.5. The number of benzene rings is 1. The van der Waals surface area contributed by atoms with Gasteiger partial charge in [0.2, 0.25) is 5.92 Å². The van der Waals surface area contributed by atoms with Gasteiger partial charge in [-0.2, -0.15) is 0 Å². The summed E-state index contributed by atoms with van der Waals surface area (Å²) in [5.41, 5.74) is 6.22. The molecule has 0 fully saturated rings. The molecule has 1 aromatic rings. The third kappa shape index (κ3) is 4.46. The van der Waals surface area contributed by atoms with Crippen molar-refractivity contribution in [2.75, 3.05) is 11.5 Å². The van der Waals surface area contributed by atoms with Crippen LogP contribution >= 0.6 is 11.8 Å². The number of rotatable bonds is 4. The highest BCUT2D eigenvalue weighted by atomic mass is 32.2. The fourth-order valence-corrected chi connectivity index (χ4v) is 2.04. The smallest absolute Gasteiger partial charge is 0.246 e. The lowest BCUT2D eigenvalue weighted by Crippen LogP contribution is -2.10. The van der Waals surface area contributed by atoms with Crippen molar-refractivity contribution >= 4 is 17.4 Å². The zero-order chi connectivity index (χ0) is 10.6. The van der Waals surface area contributed by atoms with Gasteiger partial charge in [0.25, 0.3) is 0 Å². The van der Waals surface area contributed by atoms with E-state index in [0.29, 0.717) is 11.4 Å². The predicted molar refractivity (Wildman–Crippen MR) is 56.8 cm³/mol. The van der Waals surface area contributed by atoms with E-state index in [1.165, 1.54) is 11.8 Å². The fourth-order valence-electron chi connectivity index (χ4n) is 0.952. The molecule has 0 unspecified atom stereocenters. The quantitative estimate of drug-likeness (QED) is 0.618. The molecule has 0 atom stereocenters. The first-order chi connectivity index (χ1) is 6.47. The van der Waals surface area contributed by atoms with Gasteiger partial charge in [0, 0.05) is 22.8 Å². The molecule has 78 valence electrons. The predicted octanol–water partition coefficient (Wildman–Crippen LogP) is 3.41. The standard InChI is InChI=1S/C10H13F2NS/c1-10(11,12)5-6-14-9-4-2-3-8(13)7-9/h2-4,7H,5-6,13H2,1H3. The zero-order valence-electron chi connectivity index (χ0n) is 7.97. The van der Waals surface area contributed by atoms with Crippen LogP contribution in [0, 0.1) is 0 Å². The van der Waals surface area contributed by atoms with Crippen molar-refractivity contribution in [3.8, 4) is 0 Å². The first kappa shape index (κ1) is 11.3. The summed E-state index contributed by atoms with van der Waals surface area (Å²) < 4.78 is 24.9. The molecule has 0 aromatic heterocycles. The third-order valence-electron chi connectivity index (χ3n) is 1.67. The molecule has 0 spiro atoms. The Hall–Kier alpha value is -0.770. The normalized spacial score (nSPS) is 11.6. The van der Waals surface area contributed by atoms with Crippen LogP contribution < -0.4 is 5.73 Å². The summed E-state index contributed by atoms with van der Waals surface area (Å²) in [7, 11) is 0. The lowest BCUT2D eigenvalue weighted by atomic mass is 10.3. The van der Waals surface area contributed by atoms with E-state index in [9.17, 15) is 8.78 Å². The van der Waals surface area contributed by atoms with Crippen LogP contribution in [-0.4, -0.2) is 11.7 Å². The Labute approximate surface area is 86.7 Å². The van der Waals surface area contributed by atoms with Crippen LogP contribution in [0.4, 0.5) is 14.5 Å². The molecule has 0 saturated carbocycles. The van der Waals surface area contributed by atoms with Gasteiger partial charge in [0.15, 0.2) is 0 Å². The van der Waals surface area contributed by atoms with Gasteiger partial charge >= 0.3 is 0 Å². The largest absolute Gasteiger partial charge is 0.399 e.